The van der Waals surface area contributed by atoms with E-state index in [0.717, 1.165) is 37.2 Å². The molecule has 1 aliphatic heterocycles. The number of amides is 1. The number of benzene rings is 1. The largest absolute Gasteiger partial charge is 0.486 e. The molecule has 2 heterocycles. The Bertz CT molecular complexity index is 913. The molecule has 0 radical (unpaired) electrons. The number of nitrogens with one attached hydrogen (secondary N) is 1. The first-order chi connectivity index (χ1) is 13.1. The average molecular weight is 368 g/mol. The quantitative estimate of drug-likeness (QED) is 0.900. The molecule has 0 atom stereocenters. The molecule has 2 aromatic rings. The molecular formula is C21H24N2O4. The van der Waals surface area contributed by atoms with Crippen molar-refractivity contribution in [3.8, 4) is 11.5 Å². The molecule has 1 aliphatic carbocycles. The van der Waals surface area contributed by atoms with Crippen LogP contribution in [0.4, 0.5) is 0 Å². The van der Waals surface area contributed by atoms with Crippen molar-refractivity contribution in [3.63, 3.8) is 0 Å². The topological polar surface area (TPSA) is 69.6 Å². The van der Waals surface area contributed by atoms with E-state index in [1.54, 1.807) is 19.3 Å². The van der Waals surface area contributed by atoms with Gasteiger partial charge < -0.3 is 19.4 Å². The first kappa shape index (κ1) is 17.6. The molecule has 1 amide bonds. The van der Waals surface area contributed by atoms with E-state index in [1.165, 1.54) is 16.2 Å². The summed E-state index contributed by atoms with van der Waals surface area (Å²) in [6.45, 7) is 1.67. The third-order valence-corrected chi connectivity index (χ3v) is 5.67. The summed E-state index contributed by atoms with van der Waals surface area (Å²) in [7, 11) is 1.67. The number of aromatic nitrogens is 1. The second kappa shape index (κ2) is 7.10. The van der Waals surface area contributed by atoms with Crippen LogP contribution >= 0.6 is 0 Å². The number of ether oxygens (including phenoxy) is 2. The molecule has 1 fully saturated rings. The lowest BCUT2D eigenvalue weighted by molar-refractivity contribution is 0.0942. The fraction of sp³-hybridized carbons (Fsp3) is 0.429. The smallest absolute Gasteiger partial charge is 0.251 e. The Morgan fingerprint density at radius 3 is 2.59 bits per heavy atom. The maximum absolute atomic E-state index is 12.6. The van der Waals surface area contributed by atoms with Crippen LogP contribution in [0.5, 0.6) is 11.5 Å². The van der Waals surface area contributed by atoms with E-state index in [2.05, 4.69) is 17.4 Å². The third kappa shape index (κ3) is 3.44. The van der Waals surface area contributed by atoms with Gasteiger partial charge in [0.25, 0.3) is 11.5 Å². The molecule has 4 rings (SSSR count). The molecule has 2 aliphatic rings. The second-order valence-corrected chi connectivity index (χ2v) is 7.39. The van der Waals surface area contributed by atoms with Crippen molar-refractivity contribution in [1.29, 1.82) is 0 Å². The second-order valence-electron chi connectivity index (χ2n) is 7.39. The van der Waals surface area contributed by atoms with Gasteiger partial charge in [-0.25, -0.2) is 0 Å². The number of fused-ring (bicyclic) bond motifs is 1. The van der Waals surface area contributed by atoms with Crippen molar-refractivity contribution < 1.29 is 14.3 Å². The highest BCUT2D eigenvalue weighted by atomic mass is 16.6. The van der Waals surface area contributed by atoms with Gasteiger partial charge in [0.1, 0.15) is 13.2 Å². The van der Waals surface area contributed by atoms with Crippen molar-refractivity contribution in [2.75, 3.05) is 19.8 Å². The van der Waals surface area contributed by atoms with Crippen molar-refractivity contribution >= 4 is 5.91 Å². The Balaban J connectivity index is 1.55. The molecule has 6 heteroatoms. The minimum atomic E-state index is -0.212. The van der Waals surface area contributed by atoms with Crippen LogP contribution in [0.2, 0.25) is 0 Å². The summed E-state index contributed by atoms with van der Waals surface area (Å²) >= 11 is 0. The van der Waals surface area contributed by atoms with E-state index in [-0.39, 0.29) is 16.9 Å². The molecule has 27 heavy (non-hydrogen) atoms. The molecule has 1 saturated carbocycles. The Labute approximate surface area is 158 Å². The average Bonchev–Trinajstić information content (AvgIpc) is 3.18. The van der Waals surface area contributed by atoms with E-state index < -0.39 is 0 Å². The molecule has 6 nitrogen and oxygen atoms in total. The normalized spacial score (nSPS) is 17.5. The van der Waals surface area contributed by atoms with Crippen molar-refractivity contribution in [3.05, 3.63) is 58.0 Å². The molecule has 0 saturated heterocycles. The Kier molecular flexibility index (Phi) is 4.64. The van der Waals surface area contributed by atoms with Gasteiger partial charge >= 0.3 is 0 Å². The summed E-state index contributed by atoms with van der Waals surface area (Å²) in [6.07, 6.45) is 5.92. The van der Waals surface area contributed by atoms with Crippen LogP contribution in [-0.4, -0.2) is 30.2 Å². The molecule has 0 spiro atoms. The van der Waals surface area contributed by atoms with Crippen LogP contribution < -0.4 is 20.3 Å². The van der Waals surface area contributed by atoms with E-state index in [0.29, 0.717) is 25.3 Å². The van der Waals surface area contributed by atoms with Gasteiger partial charge in [0.05, 0.1) is 0 Å². The molecular weight excluding hydrogens is 344 g/mol. The summed E-state index contributed by atoms with van der Waals surface area (Å²) in [6, 6.07) is 9.16. The predicted octanol–water partition coefficient (Wildman–Crippen LogP) is 2.40. The zero-order chi connectivity index (χ0) is 18.9. The molecule has 1 N–H and O–H groups in total. The lowest BCUT2D eigenvalue weighted by Gasteiger charge is -2.31. The van der Waals surface area contributed by atoms with Crippen LogP contribution in [0.1, 0.15) is 41.6 Å². The standard InChI is InChI=1S/C21H24N2O4/c1-23-9-6-15(12-19(23)24)20(25)22-14-21(7-2-3-8-21)16-4-5-17-18(13-16)27-11-10-26-17/h4-6,9,12-13H,2-3,7-8,10-11,14H2,1H3,(H,22,25). The number of pyridine rings is 1. The van der Waals surface area contributed by atoms with Crippen LogP contribution in [0.3, 0.4) is 0 Å². The van der Waals surface area contributed by atoms with Crippen LogP contribution in [0.15, 0.2) is 41.3 Å². The predicted molar refractivity (Wildman–Crippen MR) is 102 cm³/mol. The highest BCUT2D eigenvalue weighted by Crippen LogP contribution is 2.43. The van der Waals surface area contributed by atoms with E-state index in [4.69, 9.17) is 9.47 Å². The maximum atomic E-state index is 12.6. The zero-order valence-electron chi connectivity index (χ0n) is 15.5. The van der Waals surface area contributed by atoms with Gasteiger partial charge in [0, 0.05) is 36.8 Å². The highest BCUT2D eigenvalue weighted by molar-refractivity contribution is 5.94. The van der Waals surface area contributed by atoms with Crippen LogP contribution in [0.25, 0.3) is 0 Å². The SMILES string of the molecule is Cn1ccc(C(=O)NCC2(c3ccc4c(c3)OCCO4)CCCC2)cc1=O. The monoisotopic (exact) mass is 368 g/mol. The van der Waals surface area contributed by atoms with Gasteiger partial charge in [0.15, 0.2) is 11.5 Å². The van der Waals surface area contributed by atoms with E-state index in [9.17, 15) is 9.59 Å². The van der Waals surface area contributed by atoms with Gasteiger partial charge in [-0.05, 0) is 36.6 Å². The number of carbonyl (C=O) groups excluding carboxylic acids is 1. The zero-order valence-corrected chi connectivity index (χ0v) is 15.5. The summed E-state index contributed by atoms with van der Waals surface area (Å²) in [5.41, 5.74) is 1.28. The van der Waals surface area contributed by atoms with Gasteiger partial charge in [0.2, 0.25) is 0 Å². The Morgan fingerprint density at radius 1 is 1.11 bits per heavy atom. The Morgan fingerprint density at radius 2 is 1.85 bits per heavy atom. The number of hydrogen-bond acceptors (Lipinski definition) is 4. The molecule has 0 bridgehead atoms. The molecule has 142 valence electrons. The van der Waals surface area contributed by atoms with E-state index >= 15 is 0 Å². The molecule has 1 aromatic carbocycles. The number of carbonyl (C=O) groups is 1. The fourth-order valence-corrected chi connectivity index (χ4v) is 4.03. The van der Waals surface area contributed by atoms with Crippen molar-refractivity contribution in [2.45, 2.75) is 31.1 Å². The lowest BCUT2D eigenvalue weighted by atomic mass is 9.78. The Hall–Kier alpha value is -2.76. The van der Waals surface area contributed by atoms with Gasteiger partial charge in [-0.3, -0.25) is 9.59 Å². The third-order valence-electron chi connectivity index (χ3n) is 5.67. The van der Waals surface area contributed by atoms with Crippen LogP contribution in [0, 0.1) is 0 Å². The maximum Gasteiger partial charge on any atom is 0.251 e. The fourth-order valence-electron chi connectivity index (χ4n) is 4.03. The van der Waals surface area contributed by atoms with Crippen molar-refractivity contribution in [2.24, 2.45) is 7.05 Å². The first-order valence-electron chi connectivity index (χ1n) is 9.42. The summed E-state index contributed by atoms with van der Waals surface area (Å²) in [5, 5.41) is 3.05. The van der Waals surface area contributed by atoms with Gasteiger partial charge in [-0.1, -0.05) is 18.9 Å². The van der Waals surface area contributed by atoms with Gasteiger partial charge in [-0.2, -0.15) is 0 Å². The number of nitrogens with zero attached hydrogens (tertiary/aromatic N) is 1. The van der Waals surface area contributed by atoms with Gasteiger partial charge in [-0.15, -0.1) is 0 Å². The minimum Gasteiger partial charge on any atom is -0.486 e. The summed E-state index contributed by atoms with van der Waals surface area (Å²) in [5.74, 6) is 1.35. The number of rotatable bonds is 4. The van der Waals surface area contributed by atoms with Crippen molar-refractivity contribution in [1.82, 2.24) is 9.88 Å². The molecule has 1 aromatic heterocycles. The summed E-state index contributed by atoms with van der Waals surface area (Å²) < 4.78 is 12.8. The minimum absolute atomic E-state index is 0.106. The van der Waals surface area contributed by atoms with E-state index in [1.807, 2.05) is 6.07 Å². The number of hydrogen-bond donors (Lipinski definition) is 1. The molecule has 0 unspecified atom stereocenters. The van der Waals surface area contributed by atoms with Crippen LogP contribution in [-0.2, 0) is 12.5 Å². The highest BCUT2D eigenvalue weighted by Gasteiger charge is 2.37. The first-order valence-corrected chi connectivity index (χ1v) is 9.42. The lowest BCUT2D eigenvalue weighted by Crippen LogP contribution is -2.39. The number of aryl methyl sites for hydroxylation is 1. The summed E-state index contributed by atoms with van der Waals surface area (Å²) in [4.78, 5) is 24.4.